The monoisotopic (exact) mass is 258 g/mol. The van der Waals surface area contributed by atoms with E-state index in [1.807, 2.05) is 30.3 Å². The van der Waals surface area contributed by atoms with Gasteiger partial charge in [-0.05, 0) is 12.5 Å². The van der Waals surface area contributed by atoms with Crippen molar-refractivity contribution in [1.82, 2.24) is 5.16 Å². The van der Waals surface area contributed by atoms with Crippen molar-refractivity contribution in [1.29, 1.82) is 0 Å². The highest BCUT2D eigenvalue weighted by molar-refractivity contribution is 5.89. The van der Waals surface area contributed by atoms with Gasteiger partial charge >= 0.3 is 0 Å². The molecule has 1 fully saturated rings. The van der Waals surface area contributed by atoms with Crippen molar-refractivity contribution < 1.29 is 14.1 Å². The zero-order valence-corrected chi connectivity index (χ0v) is 10.7. The van der Waals surface area contributed by atoms with Gasteiger partial charge in [0.05, 0.1) is 0 Å². The van der Waals surface area contributed by atoms with Crippen molar-refractivity contribution in [3.8, 4) is 0 Å². The molecule has 0 spiro atoms. The highest BCUT2D eigenvalue weighted by Crippen LogP contribution is 2.53. The van der Waals surface area contributed by atoms with E-state index in [1.54, 1.807) is 6.92 Å². The number of anilines is 1. The van der Waals surface area contributed by atoms with Crippen molar-refractivity contribution in [2.45, 2.75) is 26.1 Å². The molecule has 98 valence electrons. The summed E-state index contributed by atoms with van der Waals surface area (Å²) >= 11 is 0. The summed E-state index contributed by atoms with van der Waals surface area (Å²) in [5.74, 6) is 0.436. The first-order valence-corrected chi connectivity index (χ1v) is 6.11. The number of aryl methyl sites for hydroxylation is 1. The maximum absolute atomic E-state index is 11.2. The molecule has 0 radical (unpaired) electrons. The summed E-state index contributed by atoms with van der Waals surface area (Å²) in [4.78, 5) is 11.2. The minimum absolute atomic E-state index is 0.0268. The number of carbonyl (C=O) groups is 1. The van der Waals surface area contributed by atoms with Gasteiger partial charge in [-0.3, -0.25) is 4.79 Å². The number of benzene rings is 1. The largest absolute Gasteiger partial charge is 0.356 e. The van der Waals surface area contributed by atoms with E-state index in [9.17, 15) is 4.79 Å². The number of nitrogens with one attached hydrogen (secondary N) is 1. The first-order valence-electron chi connectivity index (χ1n) is 6.11. The first-order chi connectivity index (χ1) is 9.16. The summed E-state index contributed by atoms with van der Waals surface area (Å²) < 4.78 is 10.9. The number of carbonyl (C=O) groups excluding carboxylic acids is 1. The van der Waals surface area contributed by atoms with E-state index in [-0.39, 0.29) is 18.1 Å². The Labute approximate surface area is 110 Å². The first kappa shape index (κ1) is 11.9. The van der Waals surface area contributed by atoms with Gasteiger partial charge in [-0.15, -0.1) is 0 Å². The Morgan fingerprint density at radius 3 is 2.68 bits per heavy atom. The predicted molar refractivity (Wildman–Crippen MR) is 68.6 cm³/mol. The molecule has 1 amide bonds. The predicted octanol–water partition coefficient (Wildman–Crippen LogP) is 2.75. The zero-order chi connectivity index (χ0) is 13.4. The number of aromatic nitrogens is 1. The second-order valence-electron chi connectivity index (χ2n) is 4.58. The number of hydrogen-bond acceptors (Lipinski definition) is 4. The maximum Gasteiger partial charge on any atom is 0.221 e. The summed E-state index contributed by atoms with van der Waals surface area (Å²) in [5, 5.41) is 6.63. The molecule has 0 bridgehead atoms. The molecular formula is C14H14N2O3. The average Bonchev–Trinajstić information content (AvgIpc) is 3.11. The normalized spacial score (nSPS) is 21.2. The molecule has 5 heteroatoms. The fourth-order valence-corrected chi connectivity index (χ4v) is 2.12. The third kappa shape index (κ3) is 2.24. The van der Waals surface area contributed by atoms with E-state index < -0.39 is 0 Å². The molecule has 19 heavy (non-hydrogen) atoms. The second kappa shape index (κ2) is 4.51. The maximum atomic E-state index is 11.2. The minimum atomic E-state index is -0.176. The standard InChI is InChI=1S/C14H14N2O3/c1-8-11(15-9(2)17)13(19-16-8)14-12(18-14)10-6-4-3-5-7-10/h3-7,12,14H,1-2H3,(H,15,17)/t12-,14+/m0/s1. The molecule has 3 rings (SSSR count). The lowest BCUT2D eigenvalue weighted by Crippen LogP contribution is -2.07. The fraction of sp³-hybridized carbons (Fsp3) is 0.286. The van der Waals surface area contributed by atoms with E-state index in [0.717, 1.165) is 5.56 Å². The van der Waals surface area contributed by atoms with Crippen LogP contribution in [0.2, 0.25) is 0 Å². The van der Waals surface area contributed by atoms with Crippen molar-refractivity contribution in [3.63, 3.8) is 0 Å². The molecule has 2 atom stereocenters. The van der Waals surface area contributed by atoms with E-state index in [4.69, 9.17) is 9.26 Å². The van der Waals surface area contributed by atoms with E-state index in [2.05, 4.69) is 10.5 Å². The lowest BCUT2D eigenvalue weighted by Gasteiger charge is -2.00. The Balaban J connectivity index is 1.84. The number of epoxide rings is 1. The van der Waals surface area contributed by atoms with Crippen molar-refractivity contribution >= 4 is 11.6 Å². The Morgan fingerprint density at radius 2 is 2.00 bits per heavy atom. The molecule has 0 unspecified atom stereocenters. The van der Waals surface area contributed by atoms with E-state index >= 15 is 0 Å². The van der Waals surface area contributed by atoms with Gasteiger partial charge in [-0.1, -0.05) is 35.5 Å². The summed E-state index contributed by atoms with van der Waals surface area (Å²) in [6.45, 7) is 3.25. The van der Waals surface area contributed by atoms with Gasteiger partial charge in [0.1, 0.15) is 17.5 Å². The van der Waals surface area contributed by atoms with Crippen molar-refractivity contribution in [3.05, 3.63) is 47.3 Å². The fourth-order valence-electron chi connectivity index (χ4n) is 2.12. The zero-order valence-electron chi connectivity index (χ0n) is 10.7. The second-order valence-corrected chi connectivity index (χ2v) is 4.58. The molecule has 1 aliphatic rings. The summed E-state index contributed by atoms with van der Waals surface area (Å²) in [5.41, 5.74) is 2.37. The molecule has 1 aromatic carbocycles. The van der Waals surface area contributed by atoms with E-state index in [0.29, 0.717) is 17.1 Å². The van der Waals surface area contributed by atoms with Crippen LogP contribution < -0.4 is 5.32 Å². The van der Waals surface area contributed by atoms with Crippen LogP contribution in [0.4, 0.5) is 5.69 Å². The Morgan fingerprint density at radius 1 is 1.26 bits per heavy atom. The van der Waals surface area contributed by atoms with Gasteiger partial charge in [0.25, 0.3) is 0 Å². The lowest BCUT2D eigenvalue weighted by atomic mass is 10.1. The summed E-state index contributed by atoms with van der Waals surface area (Å²) in [6, 6.07) is 9.91. The van der Waals surface area contributed by atoms with Gasteiger partial charge in [0, 0.05) is 6.92 Å². The number of amides is 1. The van der Waals surface area contributed by atoms with Gasteiger partial charge in [0.2, 0.25) is 5.91 Å². The molecule has 0 saturated carbocycles. The van der Waals surface area contributed by atoms with Crippen LogP contribution in [0.15, 0.2) is 34.9 Å². The molecule has 0 aliphatic carbocycles. The summed E-state index contributed by atoms with van der Waals surface area (Å²) in [6.07, 6.45) is -0.202. The molecule has 5 nitrogen and oxygen atoms in total. The molecule has 1 N–H and O–H groups in total. The Hall–Kier alpha value is -2.14. The lowest BCUT2D eigenvalue weighted by molar-refractivity contribution is -0.114. The molecule has 2 aromatic rings. The number of hydrogen-bond donors (Lipinski definition) is 1. The molecule has 2 heterocycles. The van der Waals surface area contributed by atoms with Crippen LogP contribution in [-0.4, -0.2) is 11.1 Å². The smallest absolute Gasteiger partial charge is 0.221 e. The SMILES string of the molecule is CC(=O)Nc1c(C)noc1[C@@H]1O[C@H]1c1ccccc1. The van der Waals surface area contributed by atoms with Crippen molar-refractivity contribution in [2.75, 3.05) is 5.32 Å². The van der Waals surface area contributed by atoms with Gasteiger partial charge in [-0.25, -0.2) is 0 Å². The van der Waals surface area contributed by atoms with Gasteiger partial charge in [0.15, 0.2) is 11.9 Å². The summed E-state index contributed by atoms with van der Waals surface area (Å²) in [7, 11) is 0. The average molecular weight is 258 g/mol. The number of ether oxygens (including phenoxy) is 1. The molecule has 1 saturated heterocycles. The van der Waals surface area contributed by atoms with Crippen LogP contribution in [0.5, 0.6) is 0 Å². The van der Waals surface area contributed by atoms with Gasteiger partial charge in [-0.2, -0.15) is 0 Å². The number of rotatable bonds is 3. The third-order valence-corrected chi connectivity index (χ3v) is 3.07. The van der Waals surface area contributed by atoms with Crippen LogP contribution >= 0.6 is 0 Å². The van der Waals surface area contributed by atoms with Crippen LogP contribution in [0.3, 0.4) is 0 Å². The van der Waals surface area contributed by atoms with Crippen LogP contribution in [0, 0.1) is 6.92 Å². The topological polar surface area (TPSA) is 67.7 Å². The highest BCUT2D eigenvalue weighted by Gasteiger charge is 2.46. The van der Waals surface area contributed by atoms with Gasteiger partial charge < -0.3 is 14.6 Å². The van der Waals surface area contributed by atoms with Crippen LogP contribution in [0.1, 0.15) is 36.1 Å². The van der Waals surface area contributed by atoms with Crippen LogP contribution in [-0.2, 0) is 9.53 Å². The van der Waals surface area contributed by atoms with Crippen molar-refractivity contribution in [2.24, 2.45) is 0 Å². The van der Waals surface area contributed by atoms with E-state index in [1.165, 1.54) is 6.92 Å². The van der Waals surface area contributed by atoms with Crippen LogP contribution in [0.25, 0.3) is 0 Å². The molecule has 1 aliphatic heterocycles. The highest BCUT2D eigenvalue weighted by atomic mass is 16.6. The molecule has 1 aromatic heterocycles. The number of nitrogens with zero attached hydrogens (tertiary/aromatic N) is 1. The quantitative estimate of drug-likeness (QED) is 0.859. The Bertz CT molecular complexity index is 606. The minimum Gasteiger partial charge on any atom is -0.356 e. The third-order valence-electron chi connectivity index (χ3n) is 3.07. The molecular weight excluding hydrogens is 244 g/mol. The Kier molecular flexibility index (Phi) is 2.83.